The fourth-order valence-electron chi connectivity index (χ4n) is 5.20. The van der Waals surface area contributed by atoms with E-state index in [1.807, 2.05) is 23.1 Å². The van der Waals surface area contributed by atoms with E-state index in [0.29, 0.717) is 13.0 Å². The smallest absolute Gasteiger partial charge is 0.239 e. The number of halogens is 1. The highest BCUT2D eigenvalue weighted by Crippen LogP contribution is 2.29. The van der Waals surface area contributed by atoms with Gasteiger partial charge in [0.1, 0.15) is 6.04 Å². The first-order chi connectivity index (χ1) is 14.9. The van der Waals surface area contributed by atoms with Crippen LogP contribution in [0.3, 0.4) is 0 Å². The Bertz CT molecular complexity index is 798. The summed E-state index contributed by atoms with van der Waals surface area (Å²) in [5, 5.41) is 3.88. The fourth-order valence-corrected chi connectivity index (χ4v) is 5.41. The lowest BCUT2D eigenvalue weighted by Crippen LogP contribution is -2.50. The summed E-state index contributed by atoms with van der Waals surface area (Å²) in [6, 6.07) is 8.05. The molecule has 4 rings (SSSR count). The lowest BCUT2D eigenvalue weighted by atomic mass is 10.0. The molecule has 0 bridgehead atoms. The third-order valence-electron chi connectivity index (χ3n) is 7.17. The second-order valence-corrected chi connectivity index (χ2v) is 9.62. The number of piperazine rings is 1. The highest BCUT2D eigenvalue weighted by Gasteiger charge is 2.45. The van der Waals surface area contributed by atoms with Crippen LogP contribution in [-0.4, -0.2) is 103 Å². The molecule has 0 aliphatic carbocycles. The lowest BCUT2D eigenvalue weighted by molar-refractivity contribution is -0.133. The van der Waals surface area contributed by atoms with Crippen LogP contribution in [0.25, 0.3) is 0 Å². The maximum atomic E-state index is 13.0. The summed E-state index contributed by atoms with van der Waals surface area (Å²) >= 11 is 6.15. The summed E-state index contributed by atoms with van der Waals surface area (Å²) in [7, 11) is 4.21. The number of carbonyl (C=O) groups is 2. The number of likely N-dealkylation sites (N-methyl/N-ethyl adjacent to an activating group) is 2. The maximum Gasteiger partial charge on any atom is 0.239 e. The van der Waals surface area contributed by atoms with Crippen LogP contribution >= 0.6 is 11.6 Å². The minimum Gasteiger partial charge on any atom is -0.353 e. The molecule has 3 saturated heterocycles. The average molecular weight is 448 g/mol. The van der Waals surface area contributed by atoms with Crippen molar-refractivity contribution in [2.24, 2.45) is 0 Å². The fraction of sp³-hybridized carbons (Fsp3) is 0.652. The van der Waals surface area contributed by atoms with Crippen LogP contribution in [0, 0.1) is 0 Å². The van der Waals surface area contributed by atoms with Gasteiger partial charge in [-0.2, -0.15) is 0 Å². The Hall–Kier alpha value is -1.67. The van der Waals surface area contributed by atoms with Gasteiger partial charge in [0.05, 0.1) is 0 Å². The van der Waals surface area contributed by atoms with E-state index in [9.17, 15) is 9.59 Å². The minimum absolute atomic E-state index is 0.101. The monoisotopic (exact) mass is 447 g/mol. The Balaban J connectivity index is 1.36. The zero-order chi connectivity index (χ0) is 22.0. The Kier molecular flexibility index (Phi) is 7.16. The Morgan fingerprint density at radius 2 is 1.94 bits per heavy atom. The van der Waals surface area contributed by atoms with E-state index >= 15 is 0 Å². The van der Waals surface area contributed by atoms with Gasteiger partial charge in [-0.3, -0.25) is 19.4 Å². The summed E-state index contributed by atoms with van der Waals surface area (Å²) < 4.78 is 0. The van der Waals surface area contributed by atoms with Crippen LogP contribution in [0.5, 0.6) is 0 Å². The first-order valence-electron chi connectivity index (χ1n) is 11.4. The molecule has 3 unspecified atom stereocenters. The lowest BCUT2D eigenvalue weighted by Gasteiger charge is -2.35. The molecule has 31 heavy (non-hydrogen) atoms. The molecule has 3 aliphatic heterocycles. The minimum atomic E-state index is -0.165. The molecule has 2 amide bonds. The first-order valence-corrected chi connectivity index (χ1v) is 11.7. The summed E-state index contributed by atoms with van der Waals surface area (Å²) in [5.41, 5.74) is 1.13. The van der Waals surface area contributed by atoms with Gasteiger partial charge in [-0.25, -0.2) is 0 Å². The van der Waals surface area contributed by atoms with Crippen LogP contribution in [0.4, 0.5) is 0 Å². The standard InChI is InChI=1S/C23H34ClN5O2/c1-26-10-12-28(13-11-26)21(30)7-6-19-15-25-23(31)22-20(27(19)2)8-9-29(22)16-17-4-3-5-18(24)14-17/h3-5,14,19-20,22H,6-13,15-16H2,1-2H3,(H,25,31). The first kappa shape index (κ1) is 22.5. The topological polar surface area (TPSA) is 59.1 Å². The molecule has 0 spiro atoms. The molecule has 8 heteroatoms. The van der Waals surface area contributed by atoms with E-state index in [1.165, 1.54) is 0 Å². The summed E-state index contributed by atoms with van der Waals surface area (Å²) in [4.78, 5) is 34.5. The zero-order valence-electron chi connectivity index (χ0n) is 18.6. The number of fused-ring (bicyclic) bond motifs is 1. The molecule has 3 fully saturated rings. The second kappa shape index (κ2) is 9.86. The summed E-state index contributed by atoms with van der Waals surface area (Å²) in [5.74, 6) is 0.340. The van der Waals surface area contributed by atoms with E-state index in [0.717, 1.165) is 62.7 Å². The Labute approximate surface area is 190 Å². The van der Waals surface area contributed by atoms with Crippen molar-refractivity contribution in [3.63, 3.8) is 0 Å². The molecule has 170 valence electrons. The Morgan fingerprint density at radius 3 is 2.68 bits per heavy atom. The molecule has 1 aromatic carbocycles. The third-order valence-corrected chi connectivity index (χ3v) is 7.41. The third kappa shape index (κ3) is 5.22. The van der Waals surface area contributed by atoms with Gasteiger partial charge in [0.2, 0.25) is 11.8 Å². The van der Waals surface area contributed by atoms with Crippen LogP contribution in [0.1, 0.15) is 24.8 Å². The quantitative estimate of drug-likeness (QED) is 0.736. The van der Waals surface area contributed by atoms with Gasteiger partial charge < -0.3 is 15.1 Å². The largest absolute Gasteiger partial charge is 0.353 e. The highest BCUT2D eigenvalue weighted by atomic mass is 35.5. The van der Waals surface area contributed by atoms with Gasteiger partial charge in [0.15, 0.2) is 0 Å². The number of nitrogens with one attached hydrogen (secondary N) is 1. The normalized spacial score (nSPS) is 28.3. The molecule has 0 aromatic heterocycles. The number of amides is 2. The molecule has 0 saturated carbocycles. The van der Waals surface area contributed by atoms with Crippen LogP contribution in [0.2, 0.25) is 5.02 Å². The molecule has 1 aromatic rings. The van der Waals surface area contributed by atoms with E-state index in [-0.39, 0.29) is 29.9 Å². The number of hydrogen-bond donors (Lipinski definition) is 1. The van der Waals surface area contributed by atoms with E-state index in [2.05, 4.69) is 40.2 Å². The van der Waals surface area contributed by atoms with E-state index in [4.69, 9.17) is 11.6 Å². The predicted molar refractivity (Wildman–Crippen MR) is 122 cm³/mol. The number of nitrogens with zero attached hydrogens (tertiary/aromatic N) is 4. The maximum absolute atomic E-state index is 13.0. The number of hydrogen-bond acceptors (Lipinski definition) is 5. The molecule has 3 heterocycles. The molecular formula is C23H34ClN5O2. The Morgan fingerprint density at radius 1 is 1.16 bits per heavy atom. The summed E-state index contributed by atoms with van der Waals surface area (Å²) in [6.45, 7) is 5.71. The highest BCUT2D eigenvalue weighted by molar-refractivity contribution is 6.30. The molecular weight excluding hydrogens is 414 g/mol. The average Bonchev–Trinajstić information content (AvgIpc) is 3.12. The van der Waals surface area contributed by atoms with Gasteiger partial charge in [0, 0.05) is 69.3 Å². The second-order valence-electron chi connectivity index (χ2n) is 9.19. The van der Waals surface area contributed by atoms with Gasteiger partial charge >= 0.3 is 0 Å². The molecule has 3 aliphatic rings. The van der Waals surface area contributed by atoms with Crippen molar-refractivity contribution in [3.8, 4) is 0 Å². The van der Waals surface area contributed by atoms with Gasteiger partial charge in [0.25, 0.3) is 0 Å². The molecule has 7 nitrogen and oxygen atoms in total. The molecule has 0 radical (unpaired) electrons. The number of carbonyl (C=O) groups excluding carboxylic acids is 2. The van der Waals surface area contributed by atoms with Crippen molar-refractivity contribution in [1.29, 1.82) is 0 Å². The van der Waals surface area contributed by atoms with Crippen molar-refractivity contribution in [3.05, 3.63) is 34.9 Å². The van der Waals surface area contributed by atoms with Crippen molar-refractivity contribution >= 4 is 23.4 Å². The predicted octanol–water partition coefficient (Wildman–Crippen LogP) is 1.27. The van der Waals surface area contributed by atoms with Crippen molar-refractivity contribution in [1.82, 2.24) is 24.9 Å². The van der Waals surface area contributed by atoms with Crippen LogP contribution < -0.4 is 5.32 Å². The number of likely N-dealkylation sites (tertiary alicyclic amines) is 1. The van der Waals surface area contributed by atoms with Crippen LogP contribution in [-0.2, 0) is 16.1 Å². The summed E-state index contributed by atoms with van der Waals surface area (Å²) in [6.07, 6.45) is 2.27. The zero-order valence-corrected chi connectivity index (χ0v) is 19.4. The van der Waals surface area contributed by atoms with Gasteiger partial charge in [-0.15, -0.1) is 0 Å². The van der Waals surface area contributed by atoms with Gasteiger partial charge in [-0.1, -0.05) is 23.7 Å². The molecule has 3 atom stereocenters. The van der Waals surface area contributed by atoms with Crippen molar-refractivity contribution in [2.75, 3.05) is 53.4 Å². The van der Waals surface area contributed by atoms with E-state index < -0.39 is 0 Å². The number of rotatable bonds is 5. The van der Waals surface area contributed by atoms with Gasteiger partial charge in [-0.05, 0) is 44.6 Å². The van der Waals surface area contributed by atoms with Crippen molar-refractivity contribution < 1.29 is 9.59 Å². The molecule has 1 N–H and O–H groups in total. The van der Waals surface area contributed by atoms with Crippen molar-refractivity contribution in [2.45, 2.75) is 43.9 Å². The SMILES string of the molecule is CN1CCN(C(=O)CCC2CNC(=O)C3C(CCN3Cc3cccc(Cl)c3)N2C)CC1. The van der Waals surface area contributed by atoms with Crippen LogP contribution in [0.15, 0.2) is 24.3 Å². The van der Waals surface area contributed by atoms with E-state index in [1.54, 1.807) is 0 Å². The number of benzene rings is 1.